The van der Waals surface area contributed by atoms with Crippen molar-refractivity contribution < 1.29 is 32.2 Å². The maximum absolute atomic E-state index is 13.2. The molecule has 1 aromatic rings. The third-order valence-electron chi connectivity index (χ3n) is 4.61. The standard InChI is InChI=1S/C16H23O7P/c1-12(17)15(2)16(3,14(18)13-10-8-7-9-11-13)23-24(19-4,20-5,21-6)22-15/h7-11H,1-6H3. The number of benzene rings is 1. The Morgan fingerprint density at radius 2 is 1.38 bits per heavy atom. The zero-order valence-corrected chi connectivity index (χ0v) is 15.6. The van der Waals surface area contributed by atoms with Crippen LogP contribution in [-0.4, -0.2) is 44.1 Å². The van der Waals surface area contributed by atoms with Gasteiger partial charge < -0.3 is 0 Å². The first-order valence-electron chi connectivity index (χ1n) is 7.36. The average molecular weight is 358 g/mol. The average Bonchev–Trinajstić information content (AvgIpc) is 2.83. The number of Topliss-reactive ketones (excluding diaryl/α,β-unsaturated/α-hetero) is 2. The second kappa shape index (κ2) is 5.95. The van der Waals surface area contributed by atoms with Crippen LogP contribution in [0.5, 0.6) is 0 Å². The summed E-state index contributed by atoms with van der Waals surface area (Å²) in [6, 6.07) is 8.50. The van der Waals surface area contributed by atoms with Gasteiger partial charge in [0.05, 0.1) is 0 Å². The summed E-state index contributed by atoms with van der Waals surface area (Å²) in [5.41, 5.74) is -2.97. The van der Waals surface area contributed by atoms with Crippen molar-refractivity contribution in [3.63, 3.8) is 0 Å². The molecule has 1 saturated heterocycles. The van der Waals surface area contributed by atoms with Gasteiger partial charge in [0.2, 0.25) is 0 Å². The molecule has 8 heteroatoms. The van der Waals surface area contributed by atoms with Gasteiger partial charge in [0.15, 0.2) is 0 Å². The summed E-state index contributed by atoms with van der Waals surface area (Å²) < 4.78 is 27.8. The summed E-state index contributed by atoms with van der Waals surface area (Å²) in [5, 5.41) is 0. The zero-order chi connectivity index (χ0) is 18.3. The first-order chi connectivity index (χ1) is 11.1. The van der Waals surface area contributed by atoms with Crippen LogP contribution >= 0.6 is 7.74 Å². The molecule has 0 saturated carbocycles. The number of ketones is 2. The van der Waals surface area contributed by atoms with Crippen LogP contribution in [0.3, 0.4) is 0 Å². The Hall–Kier alpha value is -1.21. The fourth-order valence-electron chi connectivity index (χ4n) is 2.76. The van der Waals surface area contributed by atoms with Gasteiger partial charge in [0, 0.05) is 0 Å². The molecule has 0 aliphatic carbocycles. The van der Waals surface area contributed by atoms with E-state index in [2.05, 4.69) is 0 Å². The SMILES string of the molecule is COP1(OC)(OC)OC(C)(C(C)=O)C(C)(C(=O)c2ccccc2)O1. The Kier molecular flexibility index (Phi) is 4.74. The van der Waals surface area contributed by atoms with E-state index in [1.165, 1.54) is 42.1 Å². The molecule has 2 unspecified atom stereocenters. The number of rotatable bonds is 6. The fourth-order valence-corrected chi connectivity index (χ4v) is 5.44. The van der Waals surface area contributed by atoms with Crippen LogP contribution in [0.1, 0.15) is 31.1 Å². The van der Waals surface area contributed by atoms with Gasteiger partial charge in [-0.25, -0.2) is 0 Å². The molecule has 0 aromatic heterocycles. The summed E-state index contributed by atoms with van der Waals surface area (Å²) >= 11 is 0. The second-order valence-corrected chi connectivity index (χ2v) is 8.74. The molecule has 1 heterocycles. The fraction of sp³-hybridized carbons (Fsp3) is 0.500. The summed E-state index contributed by atoms with van der Waals surface area (Å²) in [6.45, 7) is 4.27. The normalized spacial score (nSPS) is 32.7. The van der Waals surface area contributed by atoms with Gasteiger partial charge in [0.1, 0.15) is 0 Å². The number of hydrogen-bond acceptors (Lipinski definition) is 7. The number of carbonyl (C=O) groups excluding carboxylic acids is 2. The third-order valence-corrected chi connectivity index (χ3v) is 7.72. The van der Waals surface area contributed by atoms with Crippen LogP contribution in [-0.2, 0) is 27.4 Å². The zero-order valence-electron chi connectivity index (χ0n) is 14.7. The Labute approximate surface area is 141 Å². The Balaban J connectivity index is 2.66. The van der Waals surface area contributed by atoms with Crippen LogP contribution in [0.25, 0.3) is 0 Å². The number of hydrogen-bond donors (Lipinski definition) is 0. The van der Waals surface area contributed by atoms with Gasteiger partial charge in [-0.3, -0.25) is 0 Å². The summed E-state index contributed by atoms with van der Waals surface area (Å²) in [6.07, 6.45) is 0. The van der Waals surface area contributed by atoms with Gasteiger partial charge in [-0.05, 0) is 0 Å². The van der Waals surface area contributed by atoms with E-state index >= 15 is 0 Å². The van der Waals surface area contributed by atoms with Gasteiger partial charge >= 0.3 is 141 Å². The molecule has 1 aliphatic rings. The van der Waals surface area contributed by atoms with E-state index in [4.69, 9.17) is 22.6 Å². The third kappa shape index (κ3) is 2.44. The van der Waals surface area contributed by atoms with Crippen molar-refractivity contribution in [1.29, 1.82) is 0 Å². The summed E-state index contributed by atoms with van der Waals surface area (Å²) in [5.74, 6) is -0.842. The van der Waals surface area contributed by atoms with E-state index in [0.717, 1.165) is 0 Å². The molecule has 0 spiro atoms. The minimum atomic E-state index is -4.56. The second-order valence-electron chi connectivity index (χ2n) is 5.79. The van der Waals surface area contributed by atoms with Gasteiger partial charge in [-0.2, -0.15) is 0 Å². The van der Waals surface area contributed by atoms with Crippen molar-refractivity contribution >= 4 is 19.3 Å². The van der Waals surface area contributed by atoms with E-state index in [1.54, 1.807) is 30.3 Å². The molecule has 1 aromatic carbocycles. The first-order valence-corrected chi connectivity index (χ1v) is 9.19. The van der Waals surface area contributed by atoms with Crippen molar-refractivity contribution in [2.75, 3.05) is 21.3 Å². The van der Waals surface area contributed by atoms with Crippen LogP contribution in [0.15, 0.2) is 30.3 Å². The quantitative estimate of drug-likeness (QED) is 0.571. The Morgan fingerprint density at radius 1 is 0.917 bits per heavy atom. The summed E-state index contributed by atoms with van der Waals surface area (Å²) in [7, 11) is -0.718. The molecule has 1 fully saturated rings. The van der Waals surface area contributed by atoms with Gasteiger partial charge in [-0.15, -0.1) is 0 Å². The summed E-state index contributed by atoms with van der Waals surface area (Å²) in [4.78, 5) is 25.6. The molecular weight excluding hydrogens is 335 g/mol. The Bertz CT molecular complexity index is 647. The molecule has 0 amide bonds. The molecule has 0 bridgehead atoms. The maximum atomic E-state index is 13.2. The van der Waals surface area contributed by atoms with E-state index in [0.29, 0.717) is 5.56 Å². The van der Waals surface area contributed by atoms with Crippen LogP contribution in [0.4, 0.5) is 0 Å². The van der Waals surface area contributed by atoms with Crippen molar-refractivity contribution in [3.8, 4) is 0 Å². The van der Waals surface area contributed by atoms with Crippen molar-refractivity contribution in [1.82, 2.24) is 0 Å². The molecule has 134 valence electrons. The topological polar surface area (TPSA) is 80.3 Å². The molecule has 2 atom stereocenters. The predicted octanol–water partition coefficient (Wildman–Crippen LogP) is 3.09. The molecular formula is C16H23O7P. The van der Waals surface area contributed by atoms with E-state index in [1.807, 2.05) is 0 Å². The Morgan fingerprint density at radius 3 is 1.79 bits per heavy atom. The molecule has 24 heavy (non-hydrogen) atoms. The monoisotopic (exact) mass is 358 g/mol. The van der Waals surface area contributed by atoms with Crippen molar-refractivity contribution in [2.45, 2.75) is 32.0 Å². The van der Waals surface area contributed by atoms with E-state index < -0.39 is 30.5 Å². The van der Waals surface area contributed by atoms with Gasteiger partial charge in [0.25, 0.3) is 0 Å². The predicted molar refractivity (Wildman–Crippen MR) is 88.4 cm³/mol. The molecule has 1 aliphatic heterocycles. The van der Waals surface area contributed by atoms with E-state index in [-0.39, 0.29) is 0 Å². The van der Waals surface area contributed by atoms with Crippen molar-refractivity contribution in [3.05, 3.63) is 35.9 Å². The molecule has 0 N–H and O–H groups in total. The molecule has 2 rings (SSSR count). The van der Waals surface area contributed by atoms with Crippen LogP contribution < -0.4 is 0 Å². The van der Waals surface area contributed by atoms with E-state index in [9.17, 15) is 9.59 Å². The van der Waals surface area contributed by atoms with Crippen molar-refractivity contribution in [2.24, 2.45) is 0 Å². The first kappa shape index (κ1) is 19.1. The van der Waals surface area contributed by atoms with Crippen LogP contribution in [0.2, 0.25) is 0 Å². The molecule has 7 nitrogen and oxygen atoms in total. The number of carbonyl (C=O) groups is 2. The molecule has 0 radical (unpaired) electrons. The van der Waals surface area contributed by atoms with Gasteiger partial charge in [-0.1, -0.05) is 0 Å². The minimum absolute atomic E-state index is 0.373. The van der Waals surface area contributed by atoms with Crippen LogP contribution in [0, 0.1) is 0 Å².